The summed E-state index contributed by atoms with van der Waals surface area (Å²) in [4.78, 5) is 16.4. The summed E-state index contributed by atoms with van der Waals surface area (Å²) in [7, 11) is 0. The number of benzene rings is 3. The molecule has 1 aromatic heterocycles. The molecule has 3 aromatic carbocycles. The molecular formula is C27H22F3N3O3. The maximum atomic E-state index is 13.2. The van der Waals surface area contributed by atoms with Crippen LogP contribution < -0.4 is 10.1 Å². The number of carbonyl (C=O) groups is 1. The van der Waals surface area contributed by atoms with E-state index in [-0.39, 0.29) is 18.6 Å². The van der Waals surface area contributed by atoms with Crippen molar-refractivity contribution in [3.63, 3.8) is 0 Å². The van der Waals surface area contributed by atoms with Crippen molar-refractivity contribution in [2.24, 2.45) is 0 Å². The van der Waals surface area contributed by atoms with Gasteiger partial charge in [-0.2, -0.15) is 5.26 Å². The van der Waals surface area contributed by atoms with Gasteiger partial charge in [-0.1, -0.05) is 42.5 Å². The lowest BCUT2D eigenvalue weighted by Gasteiger charge is -2.19. The lowest BCUT2D eigenvalue weighted by molar-refractivity contribution is -0.274. The number of nitrogens with zero attached hydrogens (tertiary/aromatic N) is 1. The van der Waals surface area contributed by atoms with Gasteiger partial charge in [-0.15, -0.1) is 13.2 Å². The number of aromatic nitrogens is 1. The number of carbonyl (C=O) groups excluding carboxylic acids is 1. The Balaban J connectivity index is 1.65. The van der Waals surface area contributed by atoms with Crippen molar-refractivity contribution in [1.82, 2.24) is 10.3 Å². The van der Waals surface area contributed by atoms with Crippen LogP contribution >= 0.6 is 0 Å². The SMILES string of the molecule is N#CCC(Cc1c[nH]c2ccccc12)NC(=O)c1cc(-c2cccc(CO)c2)ccc1OC(F)(F)F. The molecule has 0 aliphatic rings. The standard InChI is InChI=1S/C27H22F3N3O3/c28-27(29,30)36-25-9-8-19(18-5-3-4-17(12-18)16-34)14-23(25)26(35)33-21(10-11-31)13-20-15-32-24-7-2-1-6-22(20)24/h1-9,12,14-15,21,32,34H,10,13,16H2,(H,33,35). The minimum Gasteiger partial charge on any atom is -0.405 e. The Morgan fingerprint density at radius 3 is 2.61 bits per heavy atom. The van der Waals surface area contributed by atoms with E-state index in [9.17, 15) is 28.3 Å². The number of hydrogen-bond donors (Lipinski definition) is 3. The van der Waals surface area contributed by atoms with E-state index >= 15 is 0 Å². The van der Waals surface area contributed by atoms with E-state index < -0.39 is 24.1 Å². The quantitative estimate of drug-likeness (QED) is 0.303. The van der Waals surface area contributed by atoms with E-state index in [1.165, 1.54) is 12.1 Å². The number of aromatic amines is 1. The van der Waals surface area contributed by atoms with E-state index in [4.69, 9.17) is 0 Å². The fraction of sp³-hybridized carbons (Fsp3) is 0.185. The predicted molar refractivity (Wildman–Crippen MR) is 128 cm³/mol. The van der Waals surface area contributed by atoms with Gasteiger partial charge in [0, 0.05) is 23.1 Å². The van der Waals surface area contributed by atoms with Crippen molar-refractivity contribution in [1.29, 1.82) is 5.26 Å². The second-order valence-corrected chi connectivity index (χ2v) is 8.21. The number of nitriles is 1. The van der Waals surface area contributed by atoms with Gasteiger partial charge in [0.15, 0.2) is 0 Å². The maximum Gasteiger partial charge on any atom is 0.573 e. The third-order valence-corrected chi connectivity index (χ3v) is 5.71. The normalized spacial score (nSPS) is 12.2. The van der Waals surface area contributed by atoms with Crippen molar-refractivity contribution in [3.8, 4) is 22.9 Å². The summed E-state index contributed by atoms with van der Waals surface area (Å²) in [5.41, 5.74) is 3.14. The van der Waals surface area contributed by atoms with E-state index in [2.05, 4.69) is 15.0 Å². The van der Waals surface area contributed by atoms with E-state index in [1.807, 2.05) is 30.3 Å². The number of rotatable bonds is 8. The first-order valence-corrected chi connectivity index (χ1v) is 11.1. The fourth-order valence-corrected chi connectivity index (χ4v) is 4.06. The Kier molecular flexibility index (Phi) is 7.27. The number of hydrogen-bond acceptors (Lipinski definition) is 4. The Bertz CT molecular complexity index is 1420. The van der Waals surface area contributed by atoms with Crippen LogP contribution in [0.5, 0.6) is 5.75 Å². The van der Waals surface area contributed by atoms with Gasteiger partial charge in [-0.3, -0.25) is 4.79 Å². The highest BCUT2D eigenvalue weighted by Crippen LogP contribution is 2.31. The second-order valence-electron chi connectivity index (χ2n) is 8.21. The van der Waals surface area contributed by atoms with Gasteiger partial charge >= 0.3 is 6.36 Å². The van der Waals surface area contributed by atoms with Gasteiger partial charge in [-0.05, 0) is 52.9 Å². The summed E-state index contributed by atoms with van der Waals surface area (Å²) in [6.45, 7) is -0.208. The maximum absolute atomic E-state index is 13.2. The molecule has 0 radical (unpaired) electrons. The minimum absolute atomic E-state index is 0.0427. The van der Waals surface area contributed by atoms with Crippen LogP contribution in [-0.2, 0) is 13.0 Å². The molecule has 9 heteroatoms. The molecule has 184 valence electrons. The van der Waals surface area contributed by atoms with E-state index in [1.54, 1.807) is 30.5 Å². The molecular weight excluding hydrogens is 471 g/mol. The van der Waals surface area contributed by atoms with Crippen LogP contribution in [0.3, 0.4) is 0 Å². The molecule has 1 heterocycles. The number of aliphatic hydroxyl groups is 1. The van der Waals surface area contributed by atoms with Crippen LogP contribution in [0.25, 0.3) is 22.0 Å². The molecule has 0 spiro atoms. The molecule has 1 atom stereocenters. The Hall–Kier alpha value is -4.29. The van der Waals surface area contributed by atoms with Crippen molar-refractivity contribution in [2.75, 3.05) is 0 Å². The second kappa shape index (κ2) is 10.5. The van der Waals surface area contributed by atoms with Crippen LogP contribution in [0.4, 0.5) is 13.2 Å². The molecule has 1 unspecified atom stereocenters. The van der Waals surface area contributed by atoms with Crippen molar-refractivity contribution < 1.29 is 27.8 Å². The molecule has 0 aliphatic heterocycles. The molecule has 0 bridgehead atoms. The van der Waals surface area contributed by atoms with E-state index in [0.717, 1.165) is 22.5 Å². The van der Waals surface area contributed by atoms with Crippen LogP contribution in [0.15, 0.2) is 72.9 Å². The Morgan fingerprint density at radius 2 is 1.86 bits per heavy atom. The van der Waals surface area contributed by atoms with Gasteiger partial charge in [0.25, 0.3) is 5.91 Å². The number of ether oxygens (including phenoxy) is 1. The third-order valence-electron chi connectivity index (χ3n) is 5.71. The number of nitrogens with one attached hydrogen (secondary N) is 2. The molecule has 4 rings (SSSR count). The first-order chi connectivity index (χ1) is 17.3. The molecule has 0 fully saturated rings. The summed E-state index contributed by atoms with van der Waals surface area (Å²) < 4.78 is 43.3. The number of H-pyrrole nitrogens is 1. The van der Waals surface area contributed by atoms with Crippen molar-refractivity contribution in [3.05, 3.63) is 89.6 Å². The molecule has 4 aromatic rings. The largest absolute Gasteiger partial charge is 0.573 e. The smallest absolute Gasteiger partial charge is 0.405 e. The monoisotopic (exact) mass is 493 g/mol. The summed E-state index contributed by atoms with van der Waals surface area (Å²) >= 11 is 0. The van der Waals surface area contributed by atoms with Crippen LogP contribution in [0.2, 0.25) is 0 Å². The summed E-state index contributed by atoms with van der Waals surface area (Å²) in [6.07, 6.45) is -2.95. The summed E-state index contributed by atoms with van der Waals surface area (Å²) in [6, 6.07) is 19.5. The Morgan fingerprint density at radius 1 is 1.08 bits per heavy atom. The lowest BCUT2D eigenvalue weighted by atomic mass is 9.99. The fourth-order valence-electron chi connectivity index (χ4n) is 4.06. The molecule has 0 aliphatic carbocycles. The van der Waals surface area contributed by atoms with Gasteiger partial charge in [0.1, 0.15) is 5.75 Å². The highest BCUT2D eigenvalue weighted by molar-refractivity contribution is 5.98. The summed E-state index contributed by atoms with van der Waals surface area (Å²) in [5, 5.41) is 22.3. The van der Waals surface area contributed by atoms with Crippen LogP contribution in [0.1, 0.15) is 27.9 Å². The minimum atomic E-state index is -5.00. The lowest BCUT2D eigenvalue weighted by Crippen LogP contribution is -2.36. The van der Waals surface area contributed by atoms with E-state index in [0.29, 0.717) is 23.1 Å². The zero-order valence-electron chi connectivity index (χ0n) is 19.0. The molecule has 6 nitrogen and oxygen atoms in total. The number of aliphatic hydroxyl groups excluding tert-OH is 1. The number of amides is 1. The van der Waals surface area contributed by atoms with Gasteiger partial charge in [0.2, 0.25) is 0 Å². The van der Waals surface area contributed by atoms with Crippen molar-refractivity contribution >= 4 is 16.8 Å². The highest BCUT2D eigenvalue weighted by Gasteiger charge is 2.33. The molecule has 36 heavy (non-hydrogen) atoms. The predicted octanol–water partition coefficient (Wildman–Crippen LogP) is 5.48. The molecule has 3 N–H and O–H groups in total. The number of alkyl halides is 3. The average Bonchev–Trinajstić information content (AvgIpc) is 3.26. The Labute approximate surface area is 204 Å². The number of halogens is 3. The molecule has 0 saturated carbocycles. The topological polar surface area (TPSA) is 98.1 Å². The number of para-hydroxylation sites is 1. The molecule has 0 saturated heterocycles. The zero-order valence-corrected chi connectivity index (χ0v) is 19.0. The average molecular weight is 493 g/mol. The van der Waals surface area contributed by atoms with Gasteiger partial charge in [-0.25, -0.2) is 0 Å². The first kappa shape index (κ1) is 24.8. The number of fused-ring (bicyclic) bond motifs is 1. The van der Waals surface area contributed by atoms with Crippen molar-refractivity contribution in [2.45, 2.75) is 31.9 Å². The first-order valence-electron chi connectivity index (χ1n) is 11.1. The highest BCUT2D eigenvalue weighted by atomic mass is 19.4. The third kappa shape index (κ3) is 5.85. The van der Waals surface area contributed by atoms with Crippen LogP contribution in [0, 0.1) is 11.3 Å². The summed E-state index contributed by atoms with van der Waals surface area (Å²) in [5.74, 6) is -1.45. The van der Waals surface area contributed by atoms with Gasteiger partial charge in [0.05, 0.1) is 24.7 Å². The zero-order chi connectivity index (χ0) is 25.7. The van der Waals surface area contributed by atoms with Crippen LogP contribution in [-0.4, -0.2) is 28.4 Å². The van der Waals surface area contributed by atoms with Gasteiger partial charge < -0.3 is 20.1 Å². The molecule has 1 amide bonds.